The predicted octanol–water partition coefficient (Wildman–Crippen LogP) is 3.99. The summed E-state index contributed by atoms with van der Waals surface area (Å²) in [5, 5.41) is 0.109. The molecule has 2 aromatic carbocycles. The van der Waals surface area contributed by atoms with Crippen molar-refractivity contribution in [1.29, 1.82) is 0 Å². The van der Waals surface area contributed by atoms with Crippen molar-refractivity contribution in [1.82, 2.24) is 5.43 Å². The highest BCUT2D eigenvalue weighted by atomic mass is 79.9. The molecule has 0 heterocycles. The van der Waals surface area contributed by atoms with E-state index in [1.165, 1.54) is 6.07 Å². The highest BCUT2D eigenvalue weighted by Crippen LogP contribution is 2.29. The molecule has 0 aliphatic heterocycles. The molecule has 100 valence electrons. The molecule has 0 fully saturated rings. The highest BCUT2D eigenvalue weighted by Gasteiger charge is 2.17. The maximum Gasteiger partial charge on any atom is 0.142 e. The Morgan fingerprint density at radius 3 is 2.63 bits per heavy atom. The summed E-state index contributed by atoms with van der Waals surface area (Å²) in [6, 6.07) is 12.3. The van der Waals surface area contributed by atoms with Crippen molar-refractivity contribution < 1.29 is 4.39 Å². The first-order valence-electron chi connectivity index (χ1n) is 5.77. The summed E-state index contributed by atoms with van der Waals surface area (Å²) >= 11 is 9.47. The van der Waals surface area contributed by atoms with Crippen molar-refractivity contribution in [3.8, 4) is 0 Å². The van der Waals surface area contributed by atoms with Gasteiger partial charge in [-0.05, 0) is 29.7 Å². The highest BCUT2D eigenvalue weighted by molar-refractivity contribution is 9.10. The van der Waals surface area contributed by atoms with E-state index in [1.807, 2.05) is 24.3 Å². The number of hydrazine groups is 1. The molecule has 0 aliphatic rings. The lowest BCUT2D eigenvalue weighted by atomic mass is 9.99. The lowest BCUT2D eigenvalue weighted by Crippen LogP contribution is -2.30. The Balaban J connectivity index is 2.31. The normalized spacial score (nSPS) is 12.4. The summed E-state index contributed by atoms with van der Waals surface area (Å²) in [6.45, 7) is 0. The van der Waals surface area contributed by atoms with E-state index in [-0.39, 0.29) is 11.1 Å². The number of rotatable bonds is 4. The second-order valence-corrected chi connectivity index (χ2v) is 5.39. The first kappa shape index (κ1) is 14.5. The van der Waals surface area contributed by atoms with Crippen molar-refractivity contribution in [3.05, 3.63) is 68.9 Å². The fourth-order valence-electron chi connectivity index (χ4n) is 1.93. The first-order chi connectivity index (χ1) is 9.13. The molecule has 2 aromatic rings. The molecule has 1 unspecified atom stereocenters. The van der Waals surface area contributed by atoms with Gasteiger partial charge in [0.1, 0.15) is 5.82 Å². The molecule has 0 radical (unpaired) electrons. The molecule has 0 saturated heterocycles. The van der Waals surface area contributed by atoms with Crippen LogP contribution in [0.25, 0.3) is 0 Å². The SMILES string of the molecule is NNC(Cc1ccccc1Br)c1cccc(F)c1Cl. The summed E-state index contributed by atoms with van der Waals surface area (Å²) in [5.74, 6) is 5.14. The van der Waals surface area contributed by atoms with E-state index < -0.39 is 5.82 Å². The Morgan fingerprint density at radius 1 is 1.21 bits per heavy atom. The van der Waals surface area contributed by atoms with Crippen molar-refractivity contribution in [2.24, 2.45) is 5.84 Å². The average molecular weight is 344 g/mol. The van der Waals surface area contributed by atoms with Crippen LogP contribution in [0.15, 0.2) is 46.9 Å². The van der Waals surface area contributed by atoms with Gasteiger partial charge in [-0.25, -0.2) is 4.39 Å². The van der Waals surface area contributed by atoms with Crippen LogP contribution in [0.4, 0.5) is 4.39 Å². The van der Waals surface area contributed by atoms with Crippen LogP contribution in [-0.4, -0.2) is 0 Å². The molecule has 1 atom stereocenters. The van der Waals surface area contributed by atoms with E-state index in [4.69, 9.17) is 17.4 Å². The zero-order valence-corrected chi connectivity index (χ0v) is 12.4. The predicted molar refractivity (Wildman–Crippen MR) is 79.3 cm³/mol. The number of nitrogens with two attached hydrogens (primary N) is 1. The monoisotopic (exact) mass is 342 g/mol. The molecule has 19 heavy (non-hydrogen) atoms. The second-order valence-electron chi connectivity index (χ2n) is 4.16. The fourth-order valence-corrected chi connectivity index (χ4v) is 2.64. The van der Waals surface area contributed by atoms with Crippen LogP contribution in [0.3, 0.4) is 0 Å². The van der Waals surface area contributed by atoms with Crippen LogP contribution in [0.1, 0.15) is 17.2 Å². The quantitative estimate of drug-likeness (QED) is 0.651. The Morgan fingerprint density at radius 2 is 1.95 bits per heavy atom. The zero-order chi connectivity index (χ0) is 13.8. The van der Waals surface area contributed by atoms with Crippen LogP contribution in [0.2, 0.25) is 5.02 Å². The van der Waals surface area contributed by atoms with Crippen LogP contribution in [0, 0.1) is 5.82 Å². The molecule has 2 rings (SSSR count). The third kappa shape index (κ3) is 3.34. The molecule has 2 nitrogen and oxygen atoms in total. The molecular weight excluding hydrogens is 331 g/mol. The molecule has 0 aliphatic carbocycles. The number of benzene rings is 2. The Kier molecular flexibility index (Phi) is 4.93. The Labute approximate surface area is 124 Å². The van der Waals surface area contributed by atoms with Gasteiger partial charge >= 0.3 is 0 Å². The molecule has 0 aromatic heterocycles. The summed E-state index contributed by atoms with van der Waals surface area (Å²) in [6.07, 6.45) is 0.612. The Hall–Kier alpha value is -0.940. The van der Waals surface area contributed by atoms with E-state index in [1.54, 1.807) is 12.1 Å². The summed E-state index contributed by atoms with van der Waals surface area (Å²) in [7, 11) is 0. The van der Waals surface area contributed by atoms with Crippen molar-refractivity contribution in [2.45, 2.75) is 12.5 Å². The molecule has 0 bridgehead atoms. The number of hydrogen-bond donors (Lipinski definition) is 2. The average Bonchev–Trinajstić information content (AvgIpc) is 2.41. The maximum absolute atomic E-state index is 13.5. The van der Waals surface area contributed by atoms with E-state index >= 15 is 0 Å². The minimum Gasteiger partial charge on any atom is -0.271 e. The van der Waals surface area contributed by atoms with Crippen molar-refractivity contribution >= 4 is 27.5 Å². The van der Waals surface area contributed by atoms with Crippen molar-refractivity contribution in [3.63, 3.8) is 0 Å². The number of halogens is 3. The minimum absolute atomic E-state index is 0.109. The van der Waals surface area contributed by atoms with E-state index in [2.05, 4.69) is 21.4 Å². The van der Waals surface area contributed by atoms with Gasteiger partial charge in [-0.3, -0.25) is 11.3 Å². The molecule has 0 spiro atoms. The number of nitrogens with one attached hydrogen (secondary N) is 1. The molecule has 0 amide bonds. The summed E-state index contributed by atoms with van der Waals surface area (Å²) in [4.78, 5) is 0. The molecule has 5 heteroatoms. The summed E-state index contributed by atoms with van der Waals surface area (Å²) in [5.41, 5.74) is 4.42. The molecule has 3 N–H and O–H groups in total. The lowest BCUT2D eigenvalue weighted by Gasteiger charge is -2.18. The van der Waals surface area contributed by atoms with Gasteiger partial charge in [-0.2, -0.15) is 0 Å². The fraction of sp³-hybridized carbons (Fsp3) is 0.143. The topological polar surface area (TPSA) is 38.0 Å². The van der Waals surface area contributed by atoms with Gasteiger partial charge in [0, 0.05) is 4.47 Å². The molecule has 0 saturated carbocycles. The third-order valence-corrected chi connectivity index (χ3v) is 4.11. The van der Waals surface area contributed by atoms with Gasteiger partial charge in [0.25, 0.3) is 0 Å². The van der Waals surface area contributed by atoms with Crippen molar-refractivity contribution in [2.75, 3.05) is 0 Å². The van der Waals surface area contributed by atoms with Gasteiger partial charge in [0.15, 0.2) is 0 Å². The second kappa shape index (κ2) is 6.48. The van der Waals surface area contributed by atoms with Gasteiger partial charge in [0.05, 0.1) is 11.1 Å². The van der Waals surface area contributed by atoms with E-state index in [9.17, 15) is 4.39 Å². The van der Waals surface area contributed by atoms with Crippen LogP contribution in [0.5, 0.6) is 0 Å². The van der Waals surface area contributed by atoms with E-state index in [0.717, 1.165) is 10.0 Å². The van der Waals surface area contributed by atoms with E-state index in [0.29, 0.717) is 12.0 Å². The zero-order valence-electron chi connectivity index (χ0n) is 10.0. The largest absolute Gasteiger partial charge is 0.271 e. The van der Waals surface area contributed by atoms with Gasteiger partial charge in [0.2, 0.25) is 0 Å². The number of hydrogen-bond acceptors (Lipinski definition) is 2. The van der Waals surface area contributed by atoms with Gasteiger partial charge in [-0.15, -0.1) is 0 Å². The van der Waals surface area contributed by atoms with Crippen LogP contribution in [-0.2, 0) is 6.42 Å². The first-order valence-corrected chi connectivity index (χ1v) is 6.94. The summed E-state index contributed by atoms with van der Waals surface area (Å²) < 4.78 is 14.5. The maximum atomic E-state index is 13.5. The van der Waals surface area contributed by atoms with Gasteiger partial charge < -0.3 is 0 Å². The molecular formula is C14H13BrClFN2. The standard InChI is InChI=1S/C14H13BrClFN2/c15-11-6-2-1-4-9(11)8-13(19-18)10-5-3-7-12(17)14(10)16/h1-7,13,19H,8,18H2. The lowest BCUT2D eigenvalue weighted by molar-refractivity contribution is 0.544. The minimum atomic E-state index is -0.438. The van der Waals surface area contributed by atoms with Crippen LogP contribution >= 0.6 is 27.5 Å². The van der Waals surface area contributed by atoms with Crippen LogP contribution < -0.4 is 11.3 Å². The third-order valence-electron chi connectivity index (χ3n) is 2.94. The van der Waals surface area contributed by atoms with Gasteiger partial charge in [-0.1, -0.05) is 57.9 Å². The Bertz CT molecular complexity index is 577. The smallest absolute Gasteiger partial charge is 0.142 e.